The molecule has 0 amide bonds. The van der Waals surface area contributed by atoms with Gasteiger partial charge in [0.05, 0.1) is 26.1 Å². The predicted octanol–water partition coefficient (Wildman–Crippen LogP) is 10.8. The maximum absolute atomic E-state index is 11.6. The van der Waals surface area contributed by atoms with E-state index >= 15 is 0 Å². The number of carbonyl (C=O) groups is 2. The van der Waals surface area contributed by atoms with E-state index in [9.17, 15) is 9.59 Å². The Morgan fingerprint density at radius 2 is 0.979 bits per heavy atom. The SMILES string of the molecule is C.C.C.C1=CC2C(C1)C1CC2C2C3CCC(C3)C12.C1=CC2C3CCC(C3)C2C1.CC.CC.COC(=O)C1C2C=CC(C2)C1C(=O)OC. The molecule has 0 radical (unpaired) electrons. The second kappa shape index (κ2) is 16.7. The van der Waals surface area contributed by atoms with Gasteiger partial charge < -0.3 is 9.47 Å². The van der Waals surface area contributed by atoms with Crippen LogP contribution in [-0.2, 0) is 19.1 Å². The van der Waals surface area contributed by atoms with Gasteiger partial charge in [-0.05, 0) is 147 Å². The topological polar surface area (TPSA) is 52.6 Å². The lowest BCUT2D eigenvalue weighted by atomic mass is 9.64. The number of fused-ring (bicyclic) bond motifs is 19. The zero-order valence-corrected chi connectivity index (χ0v) is 28.4. The van der Waals surface area contributed by atoms with Crippen molar-refractivity contribution in [3.8, 4) is 0 Å². The largest absolute Gasteiger partial charge is 0.469 e. The van der Waals surface area contributed by atoms with Crippen LogP contribution in [0.25, 0.3) is 0 Å². The van der Waals surface area contributed by atoms with Crippen molar-refractivity contribution in [1.29, 1.82) is 0 Å². The highest BCUT2D eigenvalue weighted by molar-refractivity contribution is 5.84. The van der Waals surface area contributed by atoms with Gasteiger partial charge in [0.15, 0.2) is 0 Å². The number of ether oxygens (including phenoxy) is 2. The van der Waals surface area contributed by atoms with Gasteiger partial charge in [-0.1, -0.05) is 86.4 Å². The minimum absolute atomic E-state index is 0. The summed E-state index contributed by atoms with van der Waals surface area (Å²) in [7, 11) is 2.71. The van der Waals surface area contributed by atoms with Crippen LogP contribution >= 0.6 is 0 Å². The fourth-order valence-electron chi connectivity index (χ4n) is 13.0. The second-order valence-corrected chi connectivity index (χ2v) is 15.2. The molecule has 10 aliphatic rings. The molecule has 268 valence electrons. The molecular weight excluding hydrogens is 580 g/mol. The molecule has 0 spiro atoms. The van der Waals surface area contributed by atoms with E-state index in [-0.39, 0.29) is 57.9 Å². The Bertz CT molecular complexity index is 1090. The lowest BCUT2D eigenvalue weighted by Crippen LogP contribution is -2.36. The summed E-state index contributed by atoms with van der Waals surface area (Å²) < 4.78 is 9.46. The Labute approximate surface area is 290 Å². The molecule has 0 saturated heterocycles. The number of rotatable bonds is 2. The van der Waals surface area contributed by atoms with E-state index in [1.54, 1.807) is 38.5 Å². The number of hydrogen-bond acceptors (Lipinski definition) is 4. The van der Waals surface area contributed by atoms with Gasteiger partial charge in [-0.15, -0.1) is 0 Å². The third kappa shape index (κ3) is 6.59. The van der Waals surface area contributed by atoms with Gasteiger partial charge in [-0.2, -0.15) is 0 Å². The normalized spacial score (nSPS) is 45.5. The van der Waals surface area contributed by atoms with Crippen molar-refractivity contribution in [1.82, 2.24) is 0 Å². The monoisotopic (exact) mass is 653 g/mol. The molecule has 0 aromatic rings. The zero-order chi connectivity index (χ0) is 31.1. The van der Waals surface area contributed by atoms with Gasteiger partial charge in [0.25, 0.3) is 0 Å². The van der Waals surface area contributed by atoms with Crippen LogP contribution in [0.15, 0.2) is 36.5 Å². The average molecular weight is 653 g/mol. The number of methoxy groups -OCH3 is 2. The molecule has 10 rings (SSSR count). The van der Waals surface area contributed by atoms with Crippen LogP contribution in [0.4, 0.5) is 0 Å². The predicted molar refractivity (Wildman–Crippen MR) is 196 cm³/mol. The average Bonchev–Trinajstić information content (AvgIpc) is 3.93. The van der Waals surface area contributed by atoms with E-state index in [1.165, 1.54) is 57.2 Å². The maximum atomic E-state index is 11.6. The van der Waals surface area contributed by atoms with E-state index in [2.05, 4.69) is 24.3 Å². The van der Waals surface area contributed by atoms with E-state index in [4.69, 9.17) is 9.47 Å². The molecule has 8 bridgehead atoms. The first-order chi connectivity index (χ1) is 21.6. The van der Waals surface area contributed by atoms with Crippen molar-refractivity contribution < 1.29 is 19.1 Å². The number of esters is 2. The standard InChI is InChI=1S/C15H20.C11H14O4.C10H14.2C2H6.3CH4/c1-2-10-11(3-1)13-7-12(10)14-8-4-5-9(6-8)15(13)14;1-14-10(12)8-6-3-4-7(5-6)9(8)11(13)15-2;1-2-9-7-4-5-8(6-7)10(9)3-1;2*1-2;;;/h1-2,8-15H,3-7H2;3-4,6-9H,5H2,1-2H3;1-2,7-10H,3-6H2;2*1-2H3;3*1H4. The van der Waals surface area contributed by atoms with Crippen molar-refractivity contribution in [3.05, 3.63) is 36.5 Å². The molecule has 0 aromatic heterocycles. The molecule has 4 nitrogen and oxygen atoms in total. The zero-order valence-electron chi connectivity index (χ0n) is 28.4. The molecule has 47 heavy (non-hydrogen) atoms. The number of allylic oxidation sites excluding steroid dienone is 6. The third-order valence-electron chi connectivity index (χ3n) is 14.2. The molecule has 7 fully saturated rings. The first-order valence-electron chi connectivity index (χ1n) is 18.7. The summed E-state index contributed by atoms with van der Waals surface area (Å²) >= 11 is 0. The van der Waals surface area contributed by atoms with Gasteiger partial charge in [-0.3, -0.25) is 9.59 Å². The lowest BCUT2D eigenvalue weighted by Gasteiger charge is -2.40. The van der Waals surface area contributed by atoms with Crippen LogP contribution < -0.4 is 0 Å². The van der Waals surface area contributed by atoms with Crippen LogP contribution in [0, 0.1) is 94.7 Å². The first kappa shape index (κ1) is 39.6. The number of hydrogen-bond donors (Lipinski definition) is 0. The van der Waals surface area contributed by atoms with Crippen molar-refractivity contribution in [2.45, 2.75) is 114 Å². The van der Waals surface area contributed by atoms with E-state index in [0.29, 0.717) is 0 Å². The van der Waals surface area contributed by atoms with Gasteiger partial charge >= 0.3 is 11.9 Å². The minimum Gasteiger partial charge on any atom is -0.469 e. The highest BCUT2D eigenvalue weighted by Crippen LogP contribution is 2.71. The van der Waals surface area contributed by atoms with Crippen molar-refractivity contribution >= 4 is 11.9 Å². The van der Waals surface area contributed by atoms with Crippen LogP contribution in [0.1, 0.15) is 114 Å². The van der Waals surface area contributed by atoms with Crippen LogP contribution in [0.3, 0.4) is 0 Å². The highest BCUT2D eigenvalue weighted by atomic mass is 16.5. The summed E-state index contributed by atoms with van der Waals surface area (Å²) in [5, 5.41) is 0. The smallest absolute Gasteiger partial charge is 0.310 e. The Balaban J connectivity index is 0.000000179. The molecule has 16 atom stereocenters. The van der Waals surface area contributed by atoms with Crippen molar-refractivity contribution in [2.24, 2.45) is 94.7 Å². The highest BCUT2D eigenvalue weighted by Gasteiger charge is 2.65. The molecule has 0 aliphatic heterocycles. The van der Waals surface area contributed by atoms with E-state index < -0.39 is 0 Å². The summed E-state index contributed by atoms with van der Waals surface area (Å²) in [5.74, 6) is 12.5. The molecule has 0 N–H and O–H groups in total. The molecular formula is C43H72O4. The second-order valence-electron chi connectivity index (χ2n) is 15.2. The summed E-state index contributed by atoms with van der Waals surface area (Å²) in [4.78, 5) is 23.1. The Morgan fingerprint density at radius 3 is 1.53 bits per heavy atom. The number of carbonyl (C=O) groups excluding carboxylic acids is 2. The van der Waals surface area contributed by atoms with Gasteiger partial charge in [-0.25, -0.2) is 0 Å². The van der Waals surface area contributed by atoms with Gasteiger partial charge in [0.1, 0.15) is 0 Å². The summed E-state index contributed by atoms with van der Waals surface area (Å²) in [6.45, 7) is 8.00. The Kier molecular flexibility index (Phi) is 14.1. The quantitative estimate of drug-likeness (QED) is 0.169. The molecule has 0 aromatic carbocycles. The lowest BCUT2D eigenvalue weighted by molar-refractivity contribution is -0.158. The van der Waals surface area contributed by atoms with Crippen LogP contribution in [-0.4, -0.2) is 26.2 Å². The van der Waals surface area contributed by atoms with Crippen molar-refractivity contribution in [2.75, 3.05) is 14.2 Å². The van der Waals surface area contributed by atoms with E-state index in [0.717, 1.165) is 53.8 Å². The van der Waals surface area contributed by atoms with E-state index in [1.807, 2.05) is 39.8 Å². The minimum atomic E-state index is -0.350. The fourth-order valence-corrected chi connectivity index (χ4v) is 13.0. The Morgan fingerprint density at radius 1 is 0.511 bits per heavy atom. The van der Waals surface area contributed by atoms with Gasteiger partial charge in [0.2, 0.25) is 0 Å². The Hall–Kier alpha value is -1.84. The molecule has 10 aliphatic carbocycles. The molecule has 4 heteroatoms. The third-order valence-corrected chi connectivity index (χ3v) is 14.2. The summed E-state index contributed by atoms with van der Waals surface area (Å²) in [6, 6.07) is 0. The summed E-state index contributed by atoms with van der Waals surface area (Å²) in [5.41, 5.74) is 0. The first-order valence-corrected chi connectivity index (χ1v) is 18.7. The molecule has 16 unspecified atom stereocenters. The fraction of sp³-hybridized carbons (Fsp3) is 0.814. The van der Waals surface area contributed by atoms with Crippen LogP contribution in [0.2, 0.25) is 0 Å². The molecule has 0 heterocycles. The van der Waals surface area contributed by atoms with Crippen LogP contribution in [0.5, 0.6) is 0 Å². The van der Waals surface area contributed by atoms with Gasteiger partial charge in [0, 0.05) is 0 Å². The maximum Gasteiger partial charge on any atom is 0.310 e. The molecule has 7 saturated carbocycles. The van der Waals surface area contributed by atoms with Crippen molar-refractivity contribution in [3.63, 3.8) is 0 Å². The summed E-state index contributed by atoms with van der Waals surface area (Å²) in [6.07, 6.45) is 28.8.